The van der Waals surface area contributed by atoms with E-state index in [0.29, 0.717) is 18.4 Å². The van der Waals surface area contributed by atoms with E-state index in [1.165, 1.54) is 11.1 Å². The standard InChI is InChI=1S/C22H37N3O/c1-6-7-8-17-12-18-14-25(10-9-15(2)3)22(26)21(11-16(4)5)24-20(18)13-19(17)23/h12-13,15-16,21,24H,6-11,14,23H2,1-5H3/t21-/m0/s1. The van der Waals surface area contributed by atoms with Crippen LogP contribution >= 0.6 is 0 Å². The smallest absolute Gasteiger partial charge is 0.245 e. The van der Waals surface area contributed by atoms with E-state index in [4.69, 9.17) is 5.73 Å². The molecule has 0 unspecified atom stereocenters. The van der Waals surface area contributed by atoms with Gasteiger partial charge in [0, 0.05) is 24.5 Å². The fourth-order valence-electron chi connectivity index (χ4n) is 3.55. The maximum Gasteiger partial charge on any atom is 0.245 e. The van der Waals surface area contributed by atoms with Crippen LogP contribution in [0, 0.1) is 11.8 Å². The van der Waals surface area contributed by atoms with Gasteiger partial charge in [-0.15, -0.1) is 0 Å². The van der Waals surface area contributed by atoms with E-state index in [1.54, 1.807) is 0 Å². The summed E-state index contributed by atoms with van der Waals surface area (Å²) in [5, 5.41) is 3.51. The van der Waals surface area contributed by atoms with E-state index in [9.17, 15) is 4.79 Å². The van der Waals surface area contributed by atoms with Crippen LogP contribution in [0.4, 0.5) is 11.4 Å². The fourth-order valence-corrected chi connectivity index (χ4v) is 3.55. The molecule has 0 spiro atoms. The molecule has 1 aliphatic rings. The largest absolute Gasteiger partial charge is 0.398 e. The second-order valence-electron chi connectivity index (χ2n) is 8.58. The number of nitrogens with zero attached hydrogens (tertiary/aromatic N) is 1. The molecular weight excluding hydrogens is 322 g/mol. The Morgan fingerprint density at radius 1 is 1.23 bits per heavy atom. The lowest BCUT2D eigenvalue weighted by atomic mass is 10.0. The molecule has 0 aromatic heterocycles. The number of anilines is 2. The molecule has 4 heteroatoms. The third-order valence-electron chi connectivity index (χ3n) is 5.15. The normalized spacial score (nSPS) is 17.4. The van der Waals surface area contributed by atoms with Crippen molar-refractivity contribution in [2.75, 3.05) is 17.6 Å². The Balaban J connectivity index is 2.33. The molecule has 4 nitrogen and oxygen atoms in total. The number of amides is 1. The van der Waals surface area contributed by atoms with Crippen molar-refractivity contribution in [1.82, 2.24) is 4.90 Å². The van der Waals surface area contributed by atoms with Crippen molar-refractivity contribution >= 4 is 17.3 Å². The average Bonchev–Trinajstić information content (AvgIpc) is 2.68. The lowest BCUT2D eigenvalue weighted by molar-refractivity contribution is -0.132. The van der Waals surface area contributed by atoms with Crippen LogP contribution in [-0.4, -0.2) is 23.4 Å². The molecule has 3 N–H and O–H groups in total. The predicted molar refractivity (Wildman–Crippen MR) is 111 cm³/mol. The maximum atomic E-state index is 13.1. The van der Waals surface area contributed by atoms with Gasteiger partial charge in [-0.25, -0.2) is 0 Å². The minimum absolute atomic E-state index is 0.163. The maximum absolute atomic E-state index is 13.1. The third-order valence-corrected chi connectivity index (χ3v) is 5.15. The monoisotopic (exact) mass is 359 g/mol. The van der Waals surface area contributed by atoms with Gasteiger partial charge in [-0.3, -0.25) is 4.79 Å². The summed E-state index contributed by atoms with van der Waals surface area (Å²) in [5.41, 5.74) is 10.6. The van der Waals surface area contributed by atoms with Crippen LogP contribution < -0.4 is 11.1 Å². The number of nitrogens with two attached hydrogens (primary N) is 1. The summed E-state index contributed by atoms with van der Waals surface area (Å²) in [7, 11) is 0. The molecule has 0 radical (unpaired) electrons. The number of aryl methyl sites for hydroxylation is 1. The van der Waals surface area contributed by atoms with Crippen LogP contribution in [0.15, 0.2) is 12.1 Å². The first-order chi connectivity index (χ1) is 12.3. The molecule has 2 rings (SSSR count). The molecule has 1 atom stereocenters. The summed E-state index contributed by atoms with van der Waals surface area (Å²) in [6.07, 6.45) is 5.18. The molecule has 0 aliphatic carbocycles. The van der Waals surface area contributed by atoms with Gasteiger partial charge in [0.1, 0.15) is 6.04 Å². The van der Waals surface area contributed by atoms with Crippen molar-refractivity contribution < 1.29 is 4.79 Å². The van der Waals surface area contributed by atoms with E-state index in [-0.39, 0.29) is 11.9 Å². The highest BCUT2D eigenvalue weighted by molar-refractivity contribution is 5.87. The Morgan fingerprint density at radius 2 is 1.96 bits per heavy atom. The first-order valence-corrected chi connectivity index (χ1v) is 10.3. The number of nitrogens with one attached hydrogen (secondary N) is 1. The molecule has 1 heterocycles. The van der Waals surface area contributed by atoms with Crippen LogP contribution in [0.3, 0.4) is 0 Å². The topological polar surface area (TPSA) is 58.4 Å². The SMILES string of the molecule is CCCCc1cc2c(cc1N)N[C@@H](CC(C)C)C(=O)N(CCC(C)C)C2. The highest BCUT2D eigenvalue weighted by Gasteiger charge is 2.30. The summed E-state index contributed by atoms with van der Waals surface area (Å²) < 4.78 is 0. The molecule has 1 aromatic rings. The third kappa shape index (κ3) is 5.39. The van der Waals surface area contributed by atoms with Crippen LogP contribution in [0.1, 0.15) is 71.4 Å². The number of nitrogen functional groups attached to an aromatic ring is 1. The van der Waals surface area contributed by atoms with E-state index in [1.807, 2.05) is 11.0 Å². The van der Waals surface area contributed by atoms with Gasteiger partial charge in [-0.2, -0.15) is 0 Å². The summed E-state index contributed by atoms with van der Waals surface area (Å²) in [4.78, 5) is 15.2. The van der Waals surface area contributed by atoms with E-state index < -0.39 is 0 Å². The number of fused-ring (bicyclic) bond motifs is 1. The van der Waals surface area contributed by atoms with Crippen molar-refractivity contribution in [2.45, 2.75) is 79.3 Å². The van der Waals surface area contributed by atoms with Crippen molar-refractivity contribution in [1.29, 1.82) is 0 Å². The first kappa shape index (κ1) is 20.6. The fraction of sp³-hybridized carbons (Fsp3) is 0.682. The number of rotatable bonds is 8. The van der Waals surface area contributed by atoms with Crippen molar-refractivity contribution in [2.24, 2.45) is 11.8 Å². The minimum atomic E-state index is -0.163. The summed E-state index contributed by atoms with van der Waals surface area (Å²) in [5.74, 6) is 1.28. The van der Waals surface area contributed by atoms with Crippen molar-refractivity contribution in [3.8, 4) is 0 Å². The van der Waals surface area contributed by atoms with Gasteiger partial charge in [0.2, 0.25) is 5.91 Å². The zero-order valence-electron chi connectivity index (χ0n) is 17.3. The lowest BCUT2D eigenvalue weighted by Gasteiger charge is -2.26. The molecule has 1 aromatic carbocycles. The van der Waals surface area contributed by atoms with Gasteiger partial charge in [0.15, 0.2) is 0 Å². The molecule has 146 valence electrons. The van der Waals surface area contributed by atoms with Gasteiger partial charge in [0.05, 0.1) is 0 Å². The van der Waals surface area contributed by atoms with Crippen LogP contribution in [0.2, 0.25) is 0 Å². The average molecular weight is 360 g/mol. The number of unbranched alkanes of at least 4 members (excludes halogenated alkanes) is 1. The lowest BCUT2D eigenvalue weighted by Crippen LogP contribution is -2.41. The Morgan fingerprint density at radius 3 is 2.58 bits per heavy atom. The van der Waals surface area contributed by atoms with Gasteiger partial charge in [-0.05, 0) is 60.8 Å². The van der Waals surface area contributed by atoms with E-state index in [0.717, 1.165) is 50.0 Å². The highest BCUT2D eigenvalue weighted by atomic mass is 16.2. The van der Waals surface area contributed by atoms with Crippen molar-refractivity contribution in [3.05, 3.63) is 23.3 Å². The van der Waals surface area contributed by atoms with Gasteiger partial charge < -0.3 is 16.0 Å². The van der Waals surface area contributed by atoms with Crippen LogP contribution in [0.5, 0.6) is 0 Å². The summed E-state index contributed by atoms with van der Waals surface area (Å²) in [6, 6.07) is 4.11. The zero-order chi connectivity index (χ0) is 19.3. The number of hydrogen-bond donors (Lipinski definition) is 2. The molecule has 0 fully saturated rings. The molecule has 1 amide bonds. The molecule has 0 saturated carbocycles. The predicted octanol–water partition coefficient (Wildman–Crippen LogP) is 4.83. The second kappa shape index (κ2) is 9.29. The number of hydrogen-bond acceptors (Lipinski definition) is 3. The quantitative estimate of drug-likeness (QED) is 0.654. The van der Waals surface area contributed by atoms with E-state index in [2.05, 4.69) is 46.0 Å². The molecule has 26 heavy (non-hydrogen) atoms. The zero-order valence-corrected chi connectivity index (χ0v) is 17.3. The van der Waals surface area contributed by atoms with Crippen LogP contribution in [0.25, 0.3) is 0 Å². The molecule has 0 saturated heterocycles. The number of carbonyl (C=O) groups excluding carboxylic acids is 1. The first-order valence-electron chi connectivity index (χ1n) is 10.3. The number of benzene rings is 1. The van der Waals surface area contributed by atoms with E-state index >= 15 is 0 Å². The Kier molecular flexibility index (Phi) is 7.36. The van der Waals surface area contributed by atoms with Crippen LogP contribution in [-0.2, 0) is 17.8 Å². The second-order valence-corrected chi connectivity index (χ2v) is 8.58. The van der Waals surface area contributed by atoms with Gasteiger partial charge in [-0.1, -0.05) is 41.0 Å². The Labute approximate surface area is 159 Å². The van der Waals surface area contributed by atoms with Crippen molar-refractivity contribution in [3.63, 3.8) is 0 Å². The molecular formula is C22H37N3O. The minimum Gasteiger partial charge on any atom is -0.398 e. The Hall–Kier alpha value is -1.71. The Bertz CT molecular complexity index is 610. The molecule has 1 aliphatic heterocycles. The van der Waals surface area contributed by atoms with Gasteiger partial charge in [0.25, 0.3) is 0 Å². The molecule has 0 bridgehead atoms. The number of carbonyl (C=O) groups is 1. The van der Waals surface area contributed by atoms with Gasteiger partial charge >= 0.3 is 0 Å². The summed E-state index contributed by atoms with van der Waals surface area (Å²) >= 11 is 0. The highest BCUT2D eigenvalue weighted by Crippen LogP contribution is 2.30. The summed E-state index contributed by atoms with van der Waals surface area (Å²) in [6.45, 7) is 12.5.